The minimum absolute atomic E-state index is 0.00635. The Bertz CT molecular complexity index is 920. The zero-order valence-electron chi connectivity index (χ0n) is 18.3. The number of Topliss-reactive ketones (excluding diaryl/α,β-unsaturated/α-hetero) is 1. The van der Waals surface area contributed by atoms with Gasteiger partial charge in [-0.3, -0.25) is 9.59 Å². The summed E-state index contributed by atoms with van der Waals surface area (Å²) in [6.07, 6.45) is 1.60. The van der Waals surface area contributed by atoms with Crippen LogP contribution in [0.1, 0.15) is 53.0 Å². The first-order chi connectivity index (χ1) is 14.7. The van der Waals surface area contributed by atoms with Crippen LogP contribution in [-0.2, 0) is 0 Å². The van der Waals surface area contributed by atoms with E-state index in [0.717, 1.165) is 38.0 Å². The Morgan fingerprint density at radius 1 is 1.00 bits per heavy atom. The van der Waals surface area contributed by atoms with Gasteiger partial charge in [0.1, 0.15) is 0 Å². The molecule has 1 fully saturated rings. The molecule has 2 aromatic carbocycles. The van der Waals surface area contributed by atoms with Crippen molar-refractivity contribution >= 4 is 34.9 Å². The first kappa shape index (κ1) is 23.8. The topological polar surface area (TPSA) is 49.4 Å². The van der Waals surface area contributed by atoms with Crippen LogP contribution in [0.15, 0.2) is 42.5 Å². The molecule has 31 heavy (non-hydrogen) atoms. The largest absolute Gasteiger partial charge is 0.348 e. The molecule has 1 amide bonds. The van der Waals surface area contributed by atoms with E-state index in [9.17, 15) is 9.59 Å². The van der Waals surface area contributed by atoms with Gasteiger partial charge in [-0.25, -0.2) is 0 Å². The number of hydrogen-bond donors (Lipinski definition) is 1. The summed E-state index contributed by atoms with van der Waals surface area (Å²) in [6.45, 7) is 8.71. The highest BCUT2D eigenvalue weighted by Crippen LogP contribution is 2.27. The van der Waals surface area contributed by atoms with Gasteiger partial charge in [-0.2, -0.15) is 0 Å². The average Bonchev–Trinajstić information content (AvgIpc) is 2.75. The van der Waals surface area contributed by atoms with Gasteiger partial charge in [0.2, 0.25) is 0 Å². The number of nitrogens with zero attached hydrogens (tertiary/aromatic N) is 1. The van der Waals surface area contributed by atoms with Crippen molar-refractivity contribution in [3.8, 4) is 0 Å². The molecule has 0 aliphatic carbocycles. The standard InChI is InChI=1S/C25H30Cl2N2O2/c1-16(2)23(28-25(31)19-6-4-17(3)5-7-19)15-29-12-10-18(11-13-29)24(30)20-8-9-21(26)22(27)14-20/h4-9,14,16,18,23H,10-13,15H2,1-3H3,(H,28,31). The van der Waals surface area contributed by atoms with Gasteiger partial charge in [0.05, 0.1) is 10.0 Å². The van der Waals surface area contributed by atoms with E-state index in [1.54, 1.807) is 18.2 Å². The number of carbonyl (C=O) groups is 2. The van der Waals surface area contributed by atoms with Crippen LogP contribution in [0, 0.1) is 18.8 Å². The summed E-state index contributed by atoms with van der Waals surface area (Å²) in [7, 11) is 0. The summed E-state index contributed by atoms with van der Waals surface area (Å²) in [5.41, 5.74) is 2.44. The van der Waals surface area contributed by atoms with Gasteiger partial charge in [-0.1, -0.05) is 54.7 Å². The second-order valence-corrected chi connectivity index (χ2v) is 9.57. The molecule has 1 aliphatic heterocycles. The maximum Gasteiger partial charge on any atom is 0.251 e. The first-order valence-corrected chi connectivity index (χ1v) is 11.6. The van der Waals surface area contributed by atoms with Gasteiger partial charge in [0, 0.05) is 29.6 Å². The third-order valence-corrected chi connectivity index (χ3v) is 6.79. The summed E-state index contributed by atoms with van der Waals surface area (Å²) in [5, 5.41) is 4.07. The van der Waals surface area contributed by atoms with Gasteiger partial charge in [0.15, 0.2) is 5.78 Å². The molecule has 1 saturated heterocycles. The van der Waals surface area contributed by atoms with E-state index in [0.29, 0.717) is 27.1 Å². The lowest BCUT2D eigenvalue weighted by Crippen LogP contribution is -2.49. The van der Waals surface area contributed by atoms with E-state index in [4.69, 9.17) is 23.2 Å². The third-order valence-electron chi connectivity index (χ3n) is 6.05. The molecule has 0 radical (unpaired) electrons. The van der Waals surface area contributed by atoms with Gasteiger partial charge >= 0.3 is 0 Å². The van der Waals surface area contributed by atoms with Gasteiger partial charge < -0.3 is 10.2 Å². The van der Waals surface area contributed by atoms with Crippen molar-refractivity contribution in [2.75, 3.05) is 19.6 Å². The summed E-state index contributed by atoms with van der Waals surface area (Å²) < 4.78 is 0. The molecule has 1 aliphatic rings. The number of carbonyl (C=O) groups excluding carboxylic acids is 2. The van der Waals surface area contributed by atoms with Crippen molar-refractivity contribution in [3.05, 3.63) is 69.2 Å². The van der Waals surface area contributed by atoms with E-state index in [1.165, 1.54) is 0 Å². The van der Waals surface area contributed by atoms with E-state index < -0.39 is 0 Å². The highest BCUT2D eigenvalue weighted by atomic mass is 35.5. The second-order valence-electron chi connectivity index (χ2n) is 8.76. The highest BCUT2D eigenvalue weighted by molar-refractivity contribution is 6.42. The lowest BCUT2D eigenvalue weighted by Gasteiger charge is -2.35. The molecule has 166 valence electrons. The Morgan fingerprint density at radius 2 is 1.61 bits per heavy atom. The van der Waals surface area contributed by atoms with Crippen molar-refractivity contribution < 1.29 is 9.59 Å². The van der Waals surface area contributed by atoms with E-state index in [-0.39, 0.29) is 23.7 Å². The van der Waals surface area contributed by atoms with Crippen molar-refractivity contribution in [3.63, 3.8) is 0 Å². The first-order valence-electron chi connectivity index (χ1n) is 10.8. The molecule has 0 saturated carbocycles. The molecule has 0 spiro atoms. The Kier molecular flexibility index (Phi) is 8.15. The highest BCUT2D eigenvalue weighted by Gasteiger charge is 2.28. The van der Waals surface area contributed by atoms with E-state index in [1.807, 2.05) is 31.2 Å². The van der Waals surface area contributed by atoms with Crippen LogP contribution in [0.5, 0.6) is 0 Å². The molecule has 0 aromatic heterocycles. The van der Waals surface area contributed by atoms with Gasteiger partial charge in [0.25, 0.3) is 5.91 Å². The molecular formula is C25H30Cl2N2O2. The number of amides is 1. The summed E-state index contributed by atoms with van der Waals surface area (Å²) in [6, 6.07) is 12.8. The van der Waals surface area contributed by atoms with E-state index >= 15 is 0 Å². The fourth-order valence-corrected chi connectivity index (χ4v) is 4.22. The zero-order chi connectivity index (χ0) is 22.5. The molecule has 6 heteroatoms. The van der Waals surface area contributed by atoms with Gasteiger partial charge in [-0.05, 0) is 69.1 Å². The van der Waals surface area contributed by atoms with Crippen LogP contribution in [0.4, 0.5) is 0 Å². The second kappa shape index (κ2) is 10.6. The quantitative estimate of drug-likeness (QED) is 0.542. The Balaban J connectivity index is 1.55. The summed E-state index contributed by atoms with van der Waals surface area (Å²) in [4.78, 5) is 27.9. The number of likely N-dealkylation sites (tertiary alicyclic amines) is 1. The Labute approximate surface area is 194 Å². The average molecular weight is 461 g/mol. The smallest absolute Gasteiger partial charge is 0.251 e. The number of ketones is 1. The number of halogens is 2. The molecule has 1 atom stereocenters. The van der Waals surface area contributed by atoms with Crippen LogP contribution in [0.3, 0.4) is 0 Å². The lowest BCUT2D eigenvalue weighted by molar-refractivity contribution is 0.0811. The van der Waals surface area contributed by atoms with Crippen LogP contribution in [0.25, 0.3) is 0 Å². The van der Waals surface area contributed by atoms with Crippen molar-refractivity contribution in [2.45, 2.75) is 39.7 Å². The number of benzene rings is 2. The van der Waals surface area contributed by atoms with Crippen LogP contribution >= 0.6 is 23.2 Å². The molecule has 0 bridgehead atoms. The Hall–Kier alpha value is -1.88. The van der Waals surface area contributed by atoms with Crippen LogP contribution in [-0.4, -0.2) is 42.3 Å². The maximum atomic E-state index is 12.8. The lowest BCUT2D eigenvalue weighted by atomic mass is 9.88. The maximum absolute atomic E-state index is 12.8. The molecule has 3 rings (SSSR count). The number of nitrogens with one attached hydrogen (secondary N) is 1. The minimum Gasteiger partial charge on any atom is -0.348 e. The number of aryl methyl sites for hydroxylation is 1. The fourth-order valence-electron chi connectivity index (χ4n) is 3.92. The molecular weight excluding hydrogens is 431 g/mol. The number of hydrogen-bond acceptors (Lipinski definition) is 3. The van der Waals surface area contributed by atoms with Crippen molar-refractivity contribution in [1.82, 2.24) is 10.2 Å². The predicted octanol–water partition coefficient (Wildman–Crippen LogP) is 5.65. The van der Waals surface area contributed by atoms with Crippen LogP contribution in [0.2, 0.25) is 10.0 Å². The van der Waals surface area contributed by atoms with Crippen molar-refractivity contribution in [2.24, 2.45) is 11.8 Å². The Morgan fingerprint density at radius 3 is 2.19 bits per heavy atom. The summed E-state index contributed by atoms with van der Waals surface area (Å²) in [5.74, 6) is 0.396. The zero-order valence-corrected chi connectivity index (χ0v) is 19.8. The summed E-state index contributed by atoms with van der Waals surface area (Å²) >= 11 is 12.0. The van der Waals surface area contributed by atoms with Gasteiger partial charge in [-0.15, -0.1) is 0 Å². The normalized spacial score (nSPS) is 16.3. The third kappa shape index (κ3) is 6.31. The molecule has 1 heterocycles. The number of rotatable bonds is 7. The monoisotopic (exact) mass is 460 g/mol. The molecule has 2 aromatic rings. The molecule has 4 nitrogen and oxygen atoms in total. The number of piperidine rings is 1. The SMILES string of the molecule is Cc1ccc(C(=O)NC(CN2CCC(C(=O)c3ccc(Cl)c(Cl)c3)CC2)C(C)C)cc1. The molecule has 1 N–H and O–H groups in total. The van der Waals surface area contributed by atoms with E-state index in [2.05, 4.69) is 24.1 Å². The van der Waals surface area contributed by atoms with Crippen LogP contribution < -0.4 is 5.32 Å². The van der Waals surface area contributed by atoms with Crippen molar-refractivity contribution in [1.29, 1.82) is 0 Å². The molecule has 1 unspecified atom stereocenters. The predicted molar refractivity (Wildman–Crippen MR) is 127 cm³/mol. The minimum atomic E-state index is -0.0385. The fraction of sp³-hybridized carbons (Fsp3) is 0.440.